The molecule has 2 aliphatic heterocycles. The van der Waals surface area contributed by atoms with E-state index in [-0.39, 0.29) is 32.2 Å². The Hall–Kier alpha value is -8.25. The molecule has 19 nitrogen and oxygen atoms in total. The summed E-state index contributed by atoms with van der Waals surface area (Å²) in [5.74, 6) is 0.587. The summed E-state index contributed by atoms with van der Waals surface area (Å²) >= 11 is 0. The van der Waals surface area contributed by atoms with Gasteiger partial charge in [-0.15, -0.1) is 0 Å². The maximum atomic E-state index is 12.7. The van der Waals surface area contributed by atoms with E-state index in [1.54, 1.807) is 73.4 Å². The first-order valence-corrected chi connectivity index (χ1v) is 24.4. The summed E-state index contributed by atoms with van der Waals surface area (Å²) in [4.78, 5) is 62.1. The van der Waals surface area contributed by atoms with Gasteiger partial charge in [-0.1, -0.05) is 144 Å². The second-order valence-corrected chi connectivity index (χ2v) is 16.9. The number of hydroxylamine groups is 1. The number of phenols is 1. The number of fused-ring (bicyclic) bond motifs is 1. The fourth-order valence-corrected chi connectivity index (χ4v) is 8.88. The number of aliphatic hydroxyl groups is 1. The van der Waals surface area contributed by atoms with Crippen molar-refractivity contribution in [2.45, 2.75) is 39.8 Å². The summed E-state index contributed by atoms with van der Waals surface area (Å²) in [6, 6.07) is 50.8. The Morgan fingerprint density at radius 2 is 1.03 bits per heavy atom. The third kappa shape index (κ3) is 14.9. The van der Waals surface area contributed by atoms with Crippen molar-refractivity contribution in [2.24, 2.45) is 10.2 Å². The van der Waals surface area contributed by atoms with E-state index in [1.807, 2.05) is 133 Å². The van der Waals surface area contributed by atoms with Crippen LogP contribution < -0.4 is 14.2 Å². The van der Waals surface area contributed by atoms with Gasteiger partial charge in [-0.2, -0.15) is 5.01 Å². The molecular weight excluding hydrogens is 948 g/mol. The second kappa shape index (κ2) is 27.8. The van der Waals surface area contributed by atoms with Gasteiger partial charge < -0.3 is 38.9 Å². The number of phenolic OH excluding ortho intramolecular Hbond substituents is 1. The predicted octanol–water partition coefficient (Wildman–Crippen LogP) is 11.3. The van der Waals surface area contributed by atoms with Crippen molar-refractivity contribution in [3.63, 3.8) is 0 Å². The Labute approximate surface area is 417 Å². The molecule has 2 atom stereocenters. The van der Waals surface area contributed by atoms with Crippen molar-refractivity contribution in [1.29, 1.82) is 0 Å². The molecule has 0 spiro atoms. The van der Waals surface area contributed by atoms with E-state index < -0.39 is 44.2 Å². The van der Waals surface area contributed by atoms with E-state index in [9.17, 15) is 38.8 Å². The van der Waals surface area contributed by atoms with Crippen molar-refractivity contribution < 1.29 is 62.6 Å². The topological polar surface area (TPSA) is 230 Å². The second-order valence-electron chi connectivity index (χ2n) is 14.9. The van der Waals surface area contributed by atoms with Crippen LogP contribution in [0.25, 0.3) is 0 Å². The number of azo groups is 1. The van der Waals surface area contributed by atoms with Crippen molar-refractivity contribution >= 4 is 43.4 Å². The summed E-state index contributed by atoms with van der Waals surface area (Å²) in [6.45, 7) is 8.42. The molecule has 0 bridgehead atoms. The Morgan fingerprint density at radius 3 is 1.53 bits per heavy atom. The lowest BCUT2D eigenvalue weighted by Crippen LogP contribution is -2.56. The minimum Gasteiger partial charge on any atom is -0.508 e. The van der Waals surface area contributed by atoms with E-state index in [4.69, 9.17) is 14.3 Å². The SMILES string of the molecule is CCOC(=O)N1Oc2ccccc2C(c2ccccc2)N1C(=O)OCC.CCOC(=O)N=NC(=O)OCC.O=P1(O)N(c2ccccc2)CCN1c1ccccc1.Oc1ccccc1C(O)c1ccccc1. The molecule has 0 aliphatic carbocycles. The number of benzene rings is 6. The standard InChI is InChI=1S/C19H20N2O5.C14H15N2O2P.C13H12O2.C6H10N2O4/c1-3-24-18(22)20-17(14-10-6-5-7-11-14)15-12-8-9-13-16(15)26-21(20)19(23)25-4-2;17-19(18)15(13-7-3-1-4-8-13)11-12-16(19)14-9-5-2-6-10-14;14-12-9-5-4-8-11(12)13(15)10-6-2-1-3-7-10;1-3-11-5(9)7-8-6(10)12-4-2/h5-13,17H,3-4H2,1-2H3;1-10H,11-12H2,(H,17,18);1-9,13-15H;3-4H2,1-2H3. The Morgan fingerprint density at radius 1 is 0.597 bits per heavy atom. The highest BCUT2D eigenvalue weighted by Crippen LogP contribution is 2.56. The van der Waals surface area contributed by atoms with E-state index in [1.165, 1.54) is 0 Å². The van der Waals surface area contributed by atoms with Gasteiger partial charge in [0.25, 0.3) is 0 Å². The van der Waals surface area contributed by atoms with Crippen LogP contribution in [0, 0.1) is 0 Å². The number of carbonyl (C=O) groups excluding carboxylic acids is 4. The number of hydrogen-bond donors (Lipinski definition) is 3. The number of aromatic hydroxyl groups is 1. The third-order valence-corrected chi connectivity index (χ3v) is 12.3. The van der Waals surface area contributed by atoms with Crippen LogP contribution in [0.4, 0.5) is 30.6 Å². The van der Waals surface area contributed by atoms with Crippen molar-refractivity contribution in [2.75, 3.05) is 48.9 Å². The first kappa shape index (κ1) is 54.7. The molecule has 0 radical (unpaired) electrons. The van der Waals surface area contributed by atoms with Gasteiger partial charge in [0.2, 0.25) is 0 Å². The van der Waals surface area contributed by atoms with Crippen LogP contribution in [-0.4, -0.2) is 89.2 Å². The normalized spacial score (nSPS) is 14.6. The van der Waals surface area contributed by atoms with Gasteiger partial charge in [0.05, 0.1) is 26.4 Å². The van der Waals surface area contributed by atoms with Gasteiger partial charge in [-0.25, -0.2) is 23.7 Å². The highest BCUT2D eigenvalue weighted by Gasteiger charge is 2.44. The highest BCUT2D eigenvalue weighted by molar-refractivity contribution is 7.61. The number of hydrazine groups is 1. The van der Waals surface area contributed by atoms with Gasteiger partial charge in [0.15, 0.2) is 5.75 Å². The Kier molecular flexibility index (Phi) is 21.1. The van der Waals surface area contributed by atoms with Gasteiger partial charge >= 0.3 is 32.0 Å². The molecule has 1 saturated heterocycles. The molecular formula is C52H57N6O13P. The molecule has 8 rings (SSSR count). The molecule has 6 aromatic rings. The lowest BCUT2D eigenvalue weighted by atomic mass is 9.97. The predicted molar refractivity (Wildman–Crippen MR) is 268 cm³/mol. The Bertz CT molecular complexity index is 2650. The van der Waals surface area contributed by atoms with Gasteiger partial charge in [0.1, 0.15) is 17.9 Å². The lowest BCUT2D eigenvalue weighted by molar-refractivity contribution is -0.199. The largest absolute Gasteiger partial charge is 0.508 e. The van der Waals surface area contributed by atoms with E-state index in [0.29, 0.717) is 24.4 Å². The number of rotatable bonds is 9. The van der Waals surface area contributed by atoms with Crippen LogP contribution in [0.1, 0.15) is 62.1 Å². The van der Waals surface area contributed by atoms with Crippen LogP contribution in [0.5, 0.6) is 11.5 Å². The maximum absolute atomic E-state index is 12.7. The van der Waals surface area contributed by atoms with Crippen LogP contribution in [0.15, 0.2) is 180 Å². The summed E-state index contributed by atoms with van der Waals surface area (Å²) in [6.07, 6.45) is -4.07. The molecule has 2 aliphatic rings. The molecule has 378 valence electrons. The van der Waals surface area contributed by atoms with Crippen LogP contribution >= 0.6 is 7.67 Å². The van der Waals surface area contributed by atoms with Crippen LogP contribution in [0.3, 0.4) is 0 Å². The third-order valence-electron chi connectivity index (χ3n) is 10.2. The smallest absolute Gasteiger partial charge is 0.464 e. The first-order chi connectivity index (χ1) is 34.9. The summed E-state index contributed by atoms with van der Waals surface area (Å²) < 4.78 is 34.8. The number of anilines is 2. The molecule has 3 N–H and O–H groups in total. The van der Waals surface area contributed by atoms with Gasteiger partial charge in [-0.05, 0) is 80.4 Å². The molecule has 4 amide bonds. The molecule has 2 heterocycles. The highest BCUT2D eigenvalue weighted by atomic mass is 31.2. The maximum Gasteiger partial charge on any atom is 0.464 e. The molecule has 0 saturated carbocycles. The fraction of sp³-hybridized carbons (Fsp3) is 0.231. The van der Waals surface area contributed by atoms with Gasteiger partial charge in [0, 0.05) is 35.6 Å². The number of carbonyl (C=O) groups is 4. The lowest BCUT2D eigenvalue weighted by Gasteiger charge is -2.41. The average molecular weight is 1010 g/mol. The molecule has 2 unspecified atom stereocenters. The zero-order valence-electron chi connectivity index (χ0n) is 40.1. The number of aliphatic hydroxyl groups excluding tert-OH is 1. The molecule has 1 fully saturated rings. The fourth-order valence-electron chi connectivity index (χ4n) is 7.05. The van der Waals surface area contributed by atoms with Crippen LogP contribution in [-0.2, 0) is 23.5 Å². The van der Waals surface area contributed by atoms with Crippen molar-refractivity contribution in [1.82, 2.24) is 10.2 Å². The molecule has 20 heteroatoms. The van der Waals surface area contributed by atoms with Crippen LogP contribution in [0.2, 0.25) is 0 Å². The molecule has 72 heavy (non-hydrogen) atoms. The van der Waals surface area contributed by atoms with E-state index >= 15 is 0 Å². The summed E-state index contributed by atoms with van der Waals surface area (Å²) in [7, 11) is -3.54. The molecule has 0 aromatic heterocycles. The first-order valence-electron chi connectivity index (χ1n) is 22.9. The average Bonchev–Trinajstić information content (AvgIpc) is 3.73. The number of hydrogen-bond acceptors (Lipinski definition) is 12. The zero-order valence-corrected chi connectivity index (χ0v) is 41.0. The number of nitrogens with zero attached hydrogens (tertiary/aromatic N) is 6. The minimum atomic E-state index is -3.54. The van der Waals surface area contributed by atoms with E-state index in [2.05, 4.69) is 19.7 Å². The number of para-hydroxylation sites is 4. The number of ether oxygens (including phenoxy) is 4. The van der Waals surface area contributed by atoms with E-state index in [0.717, 1.165) is 38.2 Å². The number of amides is 4. The van der Waals surface area contributed by atoms with Gasteiger partial charge in [-0.3, -0.25) is 9.34 Å². The monoisotopic (exact) mass is 1000 g/mol. The Balaban J connectivity index is 0.000000186. The quantitative estimate of drug-likeness (QED) is 0.0695. The summed E-state index contributed by atoms with van der Waals surface area (Å²) in [5.41, 5.74) is 4.43. The molecule has 6 aromatic carbocycles. The minimum absolute atomic E-state index is 0.119. The zero-order chi connectivity index (χ0) is 51.9. The summed E-state index contributed by atoms with van der Waals surface area (Å²) in [5, 5.41) is 27.4. The van der Waals surface area contributed by atoms with Crippen molar-refractivity contribution in [3.8, 4) is 11.5 Å². The van der Waals surface area contributed by atoms with Crippen molar-refractivity contribution in [3.05, 3.63) is 192 Å².